The van der Waals surface area contributed by atoms with Crippen molar-refractivity contribution in [3.05, 3.63) is 11.8 Å². The SMILES string of the molecule is C#CC.CC/C=C(/C)NCC. The van der Waals surface area contributed by atoms with E-state index < -0.39 is 0 Å². The van der Waals surface area contributed by atoms with Gasteiger partial charge in [0.1, 0.15) is 0 Å². The molecule has 1 heteroatoms. The standard InChI is InChI=1S/C7H15N.C3H4/c1-4-6-7(3)8-5-2;1-3-2/h6,8H,4-5H2,1-3H3;1H,2H3/b7-6-;. The largest absolute Gasteiger partial charge is 0.389 e. The van der Waals surface area contributed by atoms with E-state index in [2.05, 4.69) is 44.5 Å². The summed E-state index contributed by atoms with van der Waals surface area (Å²) in [5.74, 6) is 2.25. The lowest BCUT2D eigenvalue weighted by atomic mass is 10.3. The maximum Gasteiger partial charge on any atom is 0.0115 e. The van der Waals surface area contributed by atoms with Crippen LogP contribution in [0.4, 0.5) is 0 Å². The van der Waals surface area contributed by atoms with Gasteiger partial charge in [0, 0.05) is 12.2 Å². The quantitative estimate of drug-likeness (QED) is 0.614. The summed E-state index contributed by atoms with van der Waals surface area (Å²) in [5, 5.41) is 3.21. The molecule has 0 aromatic heterocycles. The Morgan fingerprint density at radius 3 is 2.27 bits per heavy atom. The molecule has 0 rings (SSSR count). The molecule has 0 bridgehead atoms. The van der Waals surface area contributed by atoms with Crippen LogP contribution in [0.3, 0.4) is 0 Å². The first-order valence-corrected chi connectivity index (χ1v) is 4.00. The van der Waals surface area contributed by atoms with Crippen LogP contribution >= 0.6 is 0 Å². The number of hydrogen-bond donors (Lipinski definition) is 1. The van der Waals surface area contributed by atoms with Gasteiger partial charge in [0.2, 0.25) is 0 Å². The molecule has 0 atom stereocenters. The molecule has 0 aromatic rings. The van der Waals surface area contributed by atoms with E-state index in [4.69, 9.17) is 0 Å². The summed E-state index contributed by atoms with van der Waals surface area (Å²) in [5.41, 5.74) is 1.29. The highest BCUT2D eigenvalue weighted by Gasteiger charge is 1.78. The van der Waals surface area contributed by atoms with Gasteiger partial charge in [-0.05, 0) is 27.2 Å². The lowest BCUT2D eigenvalue weighted by Gasteiger charge is -1.99. The van der Waals surface area contributed by atoms with Crippen LogP contribution in [0, 0.1) is 12.3 Å². The molecule has 0 amide bonds. The molecular weight excluding hydrogens is 134 g/mol. The summed E-state index contributed by atoms with van der Waals surface area (Å²) in [4.78, 5) is 0. The van der Waals surface area contributed by atoms with Crippen molar-refractivity contribution in [1.29, 1.82) is 0 Å². The highest BCUT2D eigenvalue weighted by molar-refractivity contribution is 4.93. The minimum Gasteiger partial charge on any atom is -0.389 e. The third-order valence-electron chi connectivity index (χ3n) is 0.966. The number of hydrogen-bond acceptors (Lipinski definition) is 1. The van der Waals surface area contributed by atoms with E-state index in [1.807, 2.05) is 0 Å². The summed E-state index contributed by atoms with van der Waals surface area (Å²) >= 11 is 0. The Morgan fingerprint density at radius 1 is 1.55 bits per heavy atom. The zero-order valence-corrected chi connectivity index (χ0v) is 8.07. The van der Waals surface area contributed by atoms with Crippen molar-refractivity contribution in [2.24, 2.45) is 0 Å². The lowest BCUT2D eigenvalue weighted by Crippen LogP contribution is -2.08. The van der Waals surface area contributed by atoms with Crippen LogP contribution in [0.2, 0.25) is 0 Å². The Kier molecular flexibility index (Phi) is 13.7. The van der Waals surface area contributed by atoms with Gasteiger partial charge in [-0.25, -0.2) is 0 Å². The number of rotatable bonds is 3. The number of nitrogens with one attached hydrogen (secondary N) is 1. The zero-order valence-electron chi connectivity index (χ0n) is 8.07. The average Bonchev–Trinajstić information content (AvgIpc) is 1.90. The summed E-state index contributed by atoms with van der Waals surface area (Å²) < 4.78 is 0. The molecule has 0 aliphatic rings. The Morgan fingerprint density at radius 2 is 2.00 bits per heavy atom. The molecule has 0 aliphatic carbocycles. The lowest BCUT2D eigenvalue weighted by molar-refractivity contribution is 0.845. The Bertz CT molecular complexity index is 128. The van der Waals surface area contributed by atoms with Crippen molar-refractivity contribution in [3.8, 4) is 12.3 Å². The second-order valence-corrected chi connectivity index (χ2v) is 2.11. The predicted octanol–water partition coefficient (Wildman–Crippen LogP) is 2.55. The summed E-state index contributed by atoms with van der Waals surface area (Å²) in [6, 6.07) is 0. The molecular formula is C10H19N. The van der Waals surface area contributed by atoms with Crippen LogP contribution in [0.15, 0.2) is 11.8 Å². The van der Waals surface area contributed by atoms with Crippen molar-refractivity contribution < 1.29 is 0 Å². The minimum absolute atomic E-state index is 1.03. The van der Waals surface area contributed by atoms with Gasteiger partial charge in [0.05, 0.1) is 0 Å². The fraction of sp³-hybridized carbons (Fsp3) is 0.600. The normalized spacial score (nSPS) is 9.18. The van der Waals surface area contributed by atoms with E-state index in [-0.39, 0.29) is 0 Å². The fourth-order valence-electron chi connectivity index (χ4n) is 0.657. The zero-order chi connectivity index (χ0) is 9.11. The van der Waals surface area contributed by atoms with Gasteiger partial charge in [0.25, 0.3) is 0 Å². The van der Waals surface area contributed by atoms with Crippen LogP contribution in [0.25, 0.3) is 0 Å². The molecule has 0 fully saturated rings. The van der Waals surface area contributed by atoms with Crippen LogP contribution in [-0.4, -0.2) is 6.54 Å². The molecule has 1 nitrogen and oxygen atoms in total. The van der Waals surface area contributed by atoms with Crippen molar-refractivity contribution in [2.45, 2.75) is 34.1 Å². The monoisotopic (exact) mass is 153 g/mol. The van der Waals surface area contributed by atoms with Crippen molar-refractivity contribution in [2.75, 3.05) is 6.54 Å². The summed E-state index contributed by atoms with van der Waals surface area (Å²) in [7, 11) is 0. The van der Waals surface area contributed by atoms with E-state index in [0.717, 1.165) is 13.0 Å². The molecule has 0 radical (unpaired) electrons. The first kappa shape index (κ1) is 12.7. The van der Waals surface area contributed by atoms with Crippen LogP contribution < -0.4 is 5.32 Å². The first-order chi connectivity index (χ1) is 5.22. The fourth-order valence-corrected chi connectivity index (χ4v) is 0.657. The highest BCUT2D eigenvalue weighted by Crippen LogP contribution is 1.87. The second-order valence-electron chi connectivity index (χ2n) is 2.11. The van der Waals surface area contributed by atoms with E-state index >= 15 is 0 Å². The van der Waals surface area contributed by atoms with Gasteiger partial charge >= 0.3 is 0 Å². The Balaban J connectivity index is 0. The molecule has 0 aromatic carbocycles. The highest BCUT2D eigenvalue weighted by atomic mass is 14.8. The molecule has 0 saturated heterocycles. The Labute approximate surface area is 70.9 Å². The first-order valence-electron chi connectivity index (χ1n) is 4.00. The molecule has 0 heterocycles. The Hall–Kier alpha value is -0.900. The van der Waals surface area contributed by atoms with Crippen LogP contribution in [0.1, 0.15) is 34.1 Å². The number of allylic oxidation sites excluding steroid dienone is 2. The predicted molar refractivity (Wildman–Crippen MR) is 52.2 cm³/mol. The third-order valence-corrected chi connectivity index (χ3v) is 0.966. The van der Waals surface area contributed by atoms with E-state index in [1.54, 1.807) is 6.92 Å². The van der Waals surface area contributed by atoms with Gasteiger partial charge in [-0.2, -0.15) is 0 Å². The topological polar surface area (TPSA) is 12.0 Å². The molecule has 11 heavy (non-hydrogen) atoms. The molecule has 64 valence electrons. The maximum atomic E-state index is 4.60. The molecule has 0 unspecified atom stereocenters. The molecule has 1 N–H and O–H groups in total. The smallest absolute Gasteiger partial charge is 0.0115 e. The van der Waals surface area contributed by atoms with E-state index in [1.165, 1.54) is 5.70 Å². The van der Waals surface area contributed by atoms with Gasteiger partial charge in [-0.1, -0.05) is 13.0 Å². The second kappa shape index (κ2) is 11.8. The van der Waals surface area contributed by atoms with Crippen molar-refractivity contribution in [3.63, 3.8) is 0 Å². The number of terminal acetylenes is 1. The van der Waals surface area contributed by atoms with Crippen LogP contribution in [0.5, 0.6) is 0 Å². The average molecular weight is 153 g/mol. The van der Waals surface area contributed by atoms with Gasteiger partial charge < -0.3 is 5.32 Å². The van der Waals surface area contributed by atoms with Crippen molar-refractivity contribution >= 4 is 0 Å². The molecule has 0 spiro atoms. The van der Waals surface area contributed by atoms with Gasteiger partial charge in [-0.3, -0.25) is 0 Å². The summed E-state index contributed by atoms with van der Waals surface area (Å²) in [6.45, 7) is 9.02. The third kappa shape index (κ3) is 17.6. The maximum absolute atomic E-state index is 4.60. The van der Waals surface area contributed by atoms with Crippen LogP contribution in [-0.2, 0) is 0 Å². The van der Waals surface area contributed by atoms with Gasteiger partial charge in [-0.15, -0.1) is 12.3 Å². The van der Waals surface area contributed by atoms with E-state index in [0.29, 0.717) is 0 Å². The van der Waals surface area contributed by atoms with Gasteiger partial charge in [0.15, 0.2) is 0 Å². The minimum atomic E-state index is 1.03. The van der Waals surface area contributed by atoms with E-state index in [9.17, 15) is 0 Å². The van der Waals surface area contributed by atoms with Crippen molar-refractivity contribution in [1.82, 2.24) is 5.32 Å². The molecule has 0 aliphatic heterocycles. The molecule has 0 saturated carbocycles. The summed E-state index contributed by atoms with van der Waals surface area (Å²) in [6.07, 6.45) is 7.91.